The minimum Gasteiger partial charge on any atom is -0.462 e. The zero-order valence-electron chi connectivity index (χ0n) is 10.4. The molecule has 0 saturated heterocycles. The molecular weight excluding hydrogens is 252 g/mol. The van der Waals surface area contributed by atoms with Crippen LogP contribution in [0.25, 0.3) is 0 Å². The number of carbonyl (C=O) groups is 2. The quantitative estimate of drug-likeness (QED) is 0.487. The Balaban J connectivity index is 2.69. The minimum absolute atomic E-state index is 0.188. The summed E-state index contributed by atoms with van der Waals surface area (Å²) in [5.41, 5.74) is -0.610. The van der Waals surface area contributed by atoms with Crippen molar-refractivity contribution in [3.8, 4) is 0 Å². The highest BCUT2D eigenvalue weighted by Crippen LogP contribution is 2.23. The summed E-state index contributed by atoms with van der Waals surface area (Å²) in [4.78, 5) is 23.3. The van der Waals surface area contributed by atoms with E-state index in [1.807, 2.05) is 0 Å². The van der Waals surface area contributed by atoms with E-state index in [0.717, 1.165) is 11.6 Å². The first-order valence-corrected chi connectivity index (χ1v) is 6.37. The van der Waals surface area contributed by atoms with Gasteiger partial charge in [0.05, 0.1) is 11.5 Å². The fraction of sp³-hybridized carbons (Fsp3) is 0.385. The van der Waals surface area contributed by atoms with Crippen molar-refractivity contribution < 1.29 is 19.4 Å². The van der Waals surface area contributed by atoms with Crippen molar-refractivity contribution in [2.75, 3.05) is 6.61 Å². The van der Waals surface area contributed by atoms with Crippen molar-refractivity contribution >= 4 is 23.1 Å². The minimum atomic E-state index is -1.39. The molecule has 0 aromatic carbocycles. The van der Waals surface area contributed by atoms with E-state index in [1.165, 1.54) is 25.2 Å². The fourth-order valence-electron chi connectivity index (χ4n) is 1.33. The SMILES string of the molecule is C=CC(=O)OCCc1ccsc1C(=O)C(C)(C)O. The molecule has 1 rings (SSSR count). The molecule has 0 aliphatic rings. The van der Waals surface area contributed by atoms with Gasteiger partial charge < -0.3 is 9.84 Å². The number of aliphatic hydroxyl groups is 1. The monoisotopic (exact) mass is 268 g/mol. The largest absolute Gasteiger partial charge is 0.462 e. The number of carbonyl (C=O) groups excluding carboxylic acids is 2. The number of ketones is 1. The van der Waals surface area contributed by atoms with Gasteiger partial charge in [-0.05, 0) is 30.9 Å². The zero-order valence-corrected chi connectivity index (χ0v) is 11.3. The lowest BCUT2D eigenvalue weighted by atomic mass is 9.99. The van der Waals surface area contributed by atoms with Gasteiger partial charge in [-0.25, -0.2) is 4.79 Å². The molecule has 0 aliphatic carbocycles. The third-order valence-corrected chi connectivity index (χ3v) is 3.25. The molecule has 1 aromatic heterocycles. The summed E-state index contributed by atoms with van der Waals surface area (Å²) in [6, 6.07) is 1.80. The van der Waals surface area contributed by atoms with Crippen molar-refractivity contribution in [2.24, 2.45) is 0 Å². The number of hydrogen-bond acceptors (Lipinski definition) is 5. The topological polar surface area (TPSA) is 63.6 Å². The van der Waals surface area contributed by atoms with Gasteiger partial charge in [0.1, 0.15) is 5.60 Å². The summed E-state index contributed by atoms with van der Waals surface area (Å²) < 4.78 is 4.86. The second kappa shape index (κ2) is 5.93. The Morgan fingerprint density at radius 1 is 1.56 bits per heavy atom. The molecule has 0 radical (unpaired) electrons. The second-order valence-electron chi connectivity index (χ2n) is 4.28. The van der Waals surface area contributed by atoms with E-state index in [4.69, 9.17) is 4.74 Å². The number of rotatable bonds is 6. The second-order valence-corrected chi connectivity index (χ2v) is 5.20. The molecule has 1 heterocycles. The van der Waals surface area contributed by atoms with Crippen molar-refractivity contribution in [1.29, 1.82) is 0 Å². The Kier molecular flexibility index (Phi) is 4.81. The molecule has 4 nitrogen and oxygen atoms in total. The van der Waals surface area contributed by atoms with E-state index >= 15 is 0 Å². The van der Waals surface area contributed by atoms with Crippen LogP contribution in [0, 0.1) is 0 Å². The molecule has 0 amide bonds. The fourth-order valence-corrected chi connectivity index (χ4v) is 2.38. The maximum Gasteiger partial charge on any atom is 0.330 e. The third-order valence-electron chi connectivity index (χ3n) is 2.29. The lowest BCUT2D eigenvalue weighted by molar-refractivity contribution is -0.137. The lowest BCUT2D eigenvalue weighted by Gasteiger charge is -2.15. The molecule has 98 valence electrons. The van der Waals surface area contributed by atoms with Gasteiger partial charge in [-0.1, -0.05) is 6.58 Å². The van der Waals surface area contributed by atoms with Crippen LogP contribution in [0.1, 0.15) is 29.1 Å². The number of ether oxygens (including phenoxy) is 1. The van der Waals surface area contributed by atoms with Crippen molar-refractivity contribution in [1.82, 2.24) is 0 Å². The molecule has 0 spiro atoms. The highest BCUT2D eigenvalue weighted by atomic mass is 32.1. The number of hydrogen-bond donors (Lipinski definition) is 1. The summed E-state index contributed by atoms with van der Waals surface area (Å²) in [6.07, 6.45) is 1.54. The predicted molar refractivity (Wildman–Crippen MR) is 69.8 cm³/mol. The summed E-state index contributed by atoms with van der Waals surface area (Å²) >= 11 is 1.28. The maximum absolute atomic E-state index is 11.9. The van der Waals surface area contributed by atoms with Gasteiger partial charge in [-0.2, -0.15) is 0 Å². The molecular formula is C13H16O4S. The van der Waals surface area contributed by atoms with Crippen molar-refractivity contribution in [2.45, 2.75) is 25.9 Å². The van der Waals surface area contributed by atoms with E-state index in [1.54, 1.807) is 11.4 Å². The van der Waals surface area contributed by atoms with Crippen molar-refractivity contribution in [3.05, 3.63) is 34.5 Å². The Morgan fingerprint density at radius 3 is 2.78 bits per heavy atom. The smallest absolute Gasteiger partial charge is 0.330 e. The normalized spacial score (nSPS) is 11.1. The van der Waals surface area contributed by atoms with Crippen LogP contribution in [-0.2, 0) is 16.0 Å². The van der Waals surface area contributed by atoms with Crippen LogP contribution >= 0.6 is 11.3 Å². The van der Waals surface area contributed by atoms with Crippen LogP contribution in [0.4, 0.5) is 0 Å². The Bertz CT molecular complexity index is 454. The van der Waals surface area contributed by atoms with Crippen molar-refractivity contribution in [3.63, 3.8) is 0 Å². The summed E-state index contributed by atoms with van der Waals surface area (Å²) in [7, 11) is 0. The molecule has 0 unspecified atom stereocenters. The molecule has 1 N–H and O–H groups in total. The van der Waals surface area contributed by atoms with Gasteiger partial charge in [0.2, 0.25) is 5.78 Å². The Hall–Kier alpha value is -1.46. The predicted octanol–water partition coefficient (Wildman–Crippen LogP) is 1.97. The van der Waals surface area contributed by atoms with Gasteiger partial charge in [-0.3, -0.25) is 4.79 Å². The van der Waals surface area contributed by atoms with Gasteiger partial charge >= 0.3 is 5.97 Å². The van der Waals surface area contributed by atoms with E-state index in [0.29, 0.717) is 11.3 Å². The molecule has 0 aliphatic heterocycles. The molecule has 0 fully saturated rings. The third kappa shape index (κ3) is 3.78. The molecule has 0 bridgehead atoms. The van der Waals surface area contributed by atoms with Crippen LogP contribution in [-0.4, -0.2) is 29.1 Å². The maximum atomic E-state index is 11.9. The van der Waals surface area contributed by atoms with Crippen LogP contribution in [0.3, 0.4) is 0 Å². The Labute approximate surface area is 110 Å². The van der Waals surface area contributed by atoms with Crippen LogP contribution in [0.5, 0.6) is 0 Å². The Morgan fingerprint density at radius 2 is 2.22 bits per heavy atom. The lowest BCUT2D eigenvalue weighted by Crippen LogP contribution is -2.31. The molecule has 5 heteroatoms. The van der Waals surface area contributed by atoms with Crippen LogP contribution in [0.15, 0.2) is 24.1 Å². The average molecular weight is 268 g/mol. The van der Waals surface area contributed by atoms with Gasteiger partial charge in [0.15, 0.2) is 0 Å². The van der Waals surface area contributed by atoms with E-state index in [9.17, 15) is 14.7 Å². The first kappa shape index (κ1) is 14.6. The highest BCUT2D eigenvalue weighted by Gasteiger charge is 2.28. The molecule has 1 aromatic rings. The summed E-state index contributed by atoms with van der Waals surface area (Å²) in [5.74, 6) is -0.803. The first-order valence-electron chi connectivity index (χ1n) is 5.49. The van der Waals surface area contributed by atoms with Gasteiger partial charge in [0, 0.05) is 12.5 Å². The van der Waals surface area contributed by atoms with Gasteiger partial charge in [-0.15, -0.1) is 11.3 Å². The zero-order chi connectivity index (χ0) is 13.8. The summed E-state index contributed by atoms with van der Waals surface area (Å²) in [6.45, 7) is 6.39. The molecule has 18 heavy (non-hydrogen) atoms. The van der Waals surface area contributed by atoms with Crippen LogP contribution in [0.2, 0.25) is 0 Å². The number of thiophene rings is 1. The standard InChI is InChI=1S/C13H16O4S/c1-4-10(14)17-7-5-9-6-8-18-11(9)12(15)13(2,3)16/h4,6,8,16H,1,5,7H2,2-3H3. The van der Waals surface area contributed by atoms with E-state index in [-0.39, 0.29) is 12.4 Å². The summed E-state index contributed by atoms with van der Waals surface area (Å²) in [5, 5.41) is 11.5. The first-order chi connectivity index (χ1) is 8.36. The van der Waals surface area contributed by atoms with Gasteiger partial charge in [0.25, 0.3) is 0 Å². The molecule has 0 saturated carbocycles. The average Bonchev–Trinajstić information content (AvgIpc) is 2.74. The molecule has 0 atom stereocenters. The number of esters is 1. The number of Topliss-reactive ketones (excluding diaryl/α,β-unsaturated/α-hetero) is 1. The van der Waals surface area contributed by atoms with Crippen LogP contribution < -0.4 is 0 Å². The highest BCUT2D eigenvalue weighted by molar-refractivity contribution is 7.12. The van der Waals surface area contributed by atoms with E-state index in [2.05, 4.69) is 6.58 Å². The van der Waals surface area contributed by atoms with E-state index < -0.39 is 11.6 Å².